The Balaban J connectivity index is 4.01. The van der Waals surface area contributed by atoms with E-state index >= 15 is 0 Å². The van der Waals surface area contributed by atoms with Crippen LogP contribution in [-0.4, -0.2) is 37.2 Å². The largest absolute Gasteiger partial charge is 0.462 e. The molecule has 0 bridgehead atoms. The lowest BCUT2D eigenvalue weighted by Gasteiger charge is -2.18. The number of carbonyl (C=O) groups is 3. The van der Waals surface area contributed by atoms with Crippen LogP contribution in [0.25, 0.3) is 0 Å². The molecule has 348 valence electrons. The van der Waals surface area contributed by atoms with Crippen LogP contribution in [0.1, 0.15) is 290 Å². The monoisotopic (exact) mass is 833 g/mol. The van der Waals surface area contributed by atoms with Gasteiger partial charge in [-0.2, -0.15) is 0 Å². The SMILES string of the molecule is CCCCCCCCCC/C=C\CCCCCCCCCCCCCCCC(=O)OCC(COC(=O)CCCCCCCCC)OC(=O)CCCCCCCCCCC. The molecule has 0 aromatic heterocycles. The average molecular weight is 833 g/mol. The molecule has 0 aromatic carbocycles. The van der Waals surface area contributed by atoms with Crippen molar-refractivity contribution in [2.75, 3.05) is 13.2 Å². The molecule has 0 spiro atoms. The van der Waals surface area contributed by atoms with E-state index in [4.69, 9.17) is 14.2 Å². The minimum absolute atomic E-state index is 0.0656. The molecule has 0 saturated carbocycles. The molecule has 59 heavy (non-hydrogen) atoms. The van der Waals surface area contributed by atoms with Crippen LogP contribution in [0.15, 0.2) is 12.2 Å². The molecule has 0 saturated heterocycles. The summed E-state index contributed by atoms with van der Waals surface area (Å²) >= 11 is 0. The average Bonchev–Trinajstić information content (AvgIpc) is 3.23. The van der Waals surface area contributed by atoms with Crippen molar-refractivity contribution in [1.29, 1.82) is 0 Å². The van der Waals surface area contributed by atoms with Crippen molar-refractivity contribution >= 4 is 17.9 Å². The van der Waals surface area contributed by atoms with E-state index in [1.165, 1.54) is 193 Å². The Bertz CT molecular complexity index is 916. The van der Waals surface area contributed by atoms with Gasteiger partial charge in [-0.25, -0.2) is 0 Å². The number of hydrogen-bond acceptors (Lipinski definition) is 6. The summed E-state index contributed by atoms with van der Waals surface area (Å²) in [6.45, 7) is 6.60. The second-order valence-corrected chi connectivity index (χ2v) is 17.8. The highest BCUT2D eigenvalue weighted by atomic mass is 16.6. The zero-order valence-corrected chi connectivity index (χ0v) is 39.8. The van der Waals surface area contributed by atoms with Crippen molar-refractivity contribution in [3.05, 3.63) is 12.2 Å². The summed E-state index contributed by atoms with van der Waals surface area (Å²) in [4.78, 5) is 37.6. The minimum Gasteiger partial charge on any atom is -0.462 e. The van der Waals surface area contributed by atoms with Gasteiger partial charge in [-0.15, -0.1) is 0 Å². The van der Waals surface area contributed by atoms with Gasteiger partial charge >= 0.3 is 17.9 Å². The summed E-state index contributed by atoms with van der Waals surface area (Å²) in [5, 5.41) is 0. The summed E-state index contributed by atoms with van der Waals surface area (Å²) < 4.78 is 16.7. The first-order chi connectivity index (χ1) is 29.0. The van der Waals surface area contributed by atoms with Gasteiger partial charge in [0, 0.05) is 19.3 Å². The second kappa shape index (κ2) is 48.8. The van der Waals surface area contributed by atoms with E-state index in [1.54, 1.807) is 0 Å². The van der Waals surface area contributed by atoms with E-state index in [0.717, 1.165) is 57.8 Å². The first-order valence-corrected chi connectivity index (χ1v) is 26.2. The molecule has 0 rings (SSSR count). The van der Waals surface area contributed by atoms with E-state index in [1.807, 2.05) is 0 Å². The van der Waals surface area contributed by atoms with E-state index in [9.17, 15) is 14.4 Å². The predicted molar refractivity (Wildman–Crippen MR) is 252 cm³/mol. The molecular weight excluding hydrogens is 733 g/mol. The number of rotatable bonds is 48. The summed E-state index contributed by atoms with van der Waals surface area (Å²) in [5.74, 6) is -0.863. The summed E-state index contributed by atoms with van der Waals surface area (Å²) in [7, 11) is 0. The Morgan fingerprint density at radius 3 is 0.847 bits per heavy atom. The second-order valence-electron chi connectivity index (χ2n) is 17.8. The molecule has 6 nitrogen and oxygen atoms in total. The molecule has 0 heterocycles. The zero-order valence-electron chi connectivity index (χ0n) is 39.8. The van der Waals surface area contributed by atoms with Crippen molar-refractivity contribution in [2.24, 2.45) is 0 Å². The molecule has 6 heteroatoms. The van der Waals surface area contributed by atoms with Crippen LogP contribution in [0.2, 0.25) is 0 Å². The maximum absolute atomic E-state index is 12.7. The molecule has 0 N–H and O–H groups in total. The fourth-order valence-corrected chi connectivity index (χ4v) is 7.79. The lowest BCUT2D eigenvalue weighted by atomic mass is 10.0. The fraction of sp³-hybridized carbons (Fsp3) is 0.906. The van der Waals surface area contributed by atoms with Crippen LogP contribution in [0.4, 0.5) is 0 Å². The third-order valence-corrected chi connectivity index (χ3v) is 11.8. The predicted octanol–water partition coefficient (Wildman–Crippen LogP) is 17.0. The van der Waals surface area contributed by atoms with E-state index in [2.05, 4.69) is 32.9 Å². The quantitative estimate of drug-likeness (QED) is 0.0263. The van der Waals surface area contributed by atoms with Crippen LogP contribution in [0.3, 0.4) is 0 Å². The van der Waals surface area contributed by atoms with Crippen LogP contribution >= 0.6 is 0 Å². The number of unbranched alkanes of at least 4 members (excludes halogenated alkanes) is 35. The fourth-order valence-electron chi connectivity index (χ4n) is 7.79. The highest BCUT2D eigenvalue weighted by Gasteiger charge is 2.19. The first-order valence-electron chi connectivity index (χ1n) is 26.2. The Morgan fingerprint density at radius 1 is 0.322 bits per heavy atom. The van der Waals surface area contributed by atoms with Gasteiger partial charge in [-0.3, -0.25) is 14.4 Å². The van der Waals surface area contributed by atoms with E-state index < -0.39 is 6.10 Å². The lowest BCUT2D eigenvalue weighted by molar-refractivity contribution is -0.167. The Morgan fingerprint density at radius 2 is 0.559 bits per heavy atom. The summed E-state index contributed by atoms with van der Waals surface area (Å²) in [6, 6.07) is 0. The molecule has 0 aliphatic rings. The van der Waals surface area contributed by atoms with Gasteiger partial charge in [0.05, 0.1) is 0 Å². The number of ether oxygens (including phenoxy) is 3. The Labute approximate surface area is 367 Å². The van der Waals surface area contributed by atoms with Crippen molar-refractivity contribution in [2.45, 2.75) is 297 Å². The molecule has 0 fully saturated rings. The Kier molecular flexibility index (Phi) is 47.3. The normalized spacial score (nSPS) is 12.0. The Hall–Kier alpha value is -1.85. The highest BCUT2D eigenvalue weighted by molar-refractivity contribution is 5.71. The molecule has 1 unspecified atom stereocenters. The molecule has 1 atom stereocenters. The molecule has 0 aromatic rings. The van der Waals surface area contributed by atoms with Gasteiger partial charge in [0.2, 0.25) is 0 Å². The summed E-state index contributed by atoms with van der Waals surface area (Å²) in [6.07, 6.45) is 53.8. The van der Waals surface area contributed by atoms with E-state index in [0.29, 0.717) is 19.3 Å². The van der Waals surface area contributed by atoms with Gasteiger partial charge in [-0.1, -0.05) is 238 Å². The first kappa shape index (κ1) is 57.1. The smallest absolute Gasteiger partial charge is 0.306 e. The van der Waals surface area contributed by atoms with Crippen molar-refractivity contribution in [1.82, 2.24) is 0 Å². The van der Waals surface area contributed by atoms with Gasteiger partial charge in [0.15, 0.2) is 6.10 Å². The topological polar surface area (TPSA) is 78.9 Å². The van der Waals surface area contributed by atoms with Crippen LogP contribution in [-0.2, 0) is 28.6 Å². The van der Waals surface area contributed by atoms with Gasteiger partial charge < -0.3 is 14.2 Å². The lowest BCUT2D eigenvalue weighted by Crippen LogP contribution is -2.30. The van der Waals surface area contributed by atoms with E-state index in [-0.39, 0.29) is 31.1 Å². The number of allylic oxidation sites excluding steroid dienone is 2. The maximum Gasteiger partial charge on any atom is 0.306 e. The zero-order chi connectivity index (χ0) is 43.0. The van der Waals surface area contributed by atoms with Crippen molar-refractivity contribution in [3.8, 4) is 0 Å². The molecule has 0 radical (unpaired) electrons. The molecule has 0 aliphatic carbocycles. The molecule has 0 aliphatic heterocycles. The summed E-state index contributed by atoms with van der Waals surface area (Å²) in [5.41, 5.74) is 0. The number of carbonyl (C=O) groups excluding carboxylic acids is 3. The van der Waals surface area contributed by atoms with Gasteiger partial charge in [-0.05, 0) is 44.9 Å². The van der Waals surface area contributed by atoms with Crippen LogP contribution < -0.4 is 0 Å². The van der Waals surface area contributed by atoms with Crippen LogP contribution in [0, 0.1) is 0 Å². The maximum atomic E-state index is 12.7. The van der Waals surface area contributed by atoms with Gasteiger partial charge in [0.1, 0.15) is 13.2 Å². The molecular formula is C53H100O6. The number of hydrogen-bond donors (Lipinski definition) is 0. The standard InChI is InChI=1S/C53H100O6/c1-4-7-10-13-16-18-19-20-21-22-23-24-25-26-27-28-29-30-31-32-33-35-37-40-43-46-52(55)58-49-50(48-57-51(54)45-42-39-36-15-12-9-6-3)59-53(56)47-44-41-38-34-17-14-11-8-5-2/h22-23,50H,4-21,24-49H2,1-3H3/b23-22-. The van der Waals surface area contributed by atoms with Gasteiger partial charge in [0.25, 0.3) is 0 Å². The third-order valence-electron chi connectivity index (χ3n) is 11.8. The number of esters is 3. The molecule has 0 amide bonds. The third kappa shape index (κ3) is 47.1. The van der Waals surface area contributed by atoms with Crippen molar-refractivity contribution < 1.29 is 28.6 Å². The highest BCUT2D eigenvalue weighted by Crippen LogP contribution is 2.16. The van der Waals surface area contributed by atoms with Crippen molar-refractivity contribution in [3.63, 3.8) is 0 Å². The minimum atomic E-state index is -0.760. The van der Waals surface area contributed by atoms with Crippen LogP contribution in [0.5, 0.6) is 0 Å².